The van der Waals surface area contributed by atoms with Crippen molar-refractivity contribution in [1.82, 2.24) is 0 Å². The predicted molar refractivity (Wildman–Crippen MR) is 112 cm³/mol. The van der Waals surface area contributed by atoms with E-state index in [1.54, 1.807) is 0 Å². The quantitative estimate of drug-likeness (QED) is 0.354. The second kappa shape index (κ2) is 10.0. The van der Waals surface area contributed by atoms with E-state index in [0.717, 1.165) is 24.7 Å². The van der Waals surface area contributed by atoms with Crippen LogP contribution in [0.3, 0.4) is 0 Å². The average molecular weight is 403 g/mol. The average Bonchev–Trinajstić information content (AvgIpc) is 2.67. The highest BCUT2D eigenvalue weighted by molar-refractivity contribution is 5.75. The molecule has 0 spiro atoms. The summed E-state index contributed by atoms with van der Waals surface area (Å²) in [5.41, 5.74) is 2.80. The lowest BCUT2D eigenvalue weighted by Gasteiger charge is -2.41. The van der Waals surface area contributed by atoms with Crippen molar-refractivity contribution in [1.29, 1.82) is 0 Å². The Morgan fingerprint density at radius 1 is 1.21 bits per heavy atom. The fraction of sp³-hybridized carbons (Fsp3) is 0.625. The summed E-state index contributed by atoms with van der Waals surface area (Å²) >= 11 is 0. The maximum Gasteiger partial charge on any atom is 0.302 e. The van der Waals surface area contributed by atoms with Crippen LogP contribution >= 0.6 is 0 Å². The van der Waals surface area contributed by atoms with Crippen LogP contribution in [-0.2, 0) is 23.9 Å². The number of carbonyl (C=O) groups is 3. The number of hydrogen-bond acceptors (Lipinski definition) is 5. The van der Waals surface area contributed by atoms with Crippen molar-refractivity contribution in [3.63, 3.8) is 0 Å². The molecule has 2 bridgehead atoms. The largest absolute Gasteiger partial charge is 0.462 e. The lowest BCUT2D eigenvalue weighted by molar-refractivity contribution is -0.159. The standard InChI is InChI=1S/C24H34O5/c1-14(2)8-7-9-15(3)22-21(28-17(5)26)12-16(4)20-11-10-19(13-25)23(22)24(20)29-18(6)27/h8,10,13,15,20-24H,4,7,9,11-12H2,1-3,5-6H3/t15-,20+,21-,22-,23-,24-/m0/s1. The summed E-state index contributed by atoms with van der Waals surface area (Å²) in [6.07, 6.45) is 7.08. The van der Waals surface area contributed by atoms with Gasteiger partial charge in [0, 0.05) is 38.0 Å². The Hall–Kier alpha value is -2.17. The molecular weight excluding hydrogens is 368 g/mol. The van der Waals surface area contributed by atoms with Crippen LogP contribution in [0, 0.1) is 23.7 Å². The first-order valence-corrected chi connectivity index (χ1v) is 10.5. The molecule has 2 rings (SSSR count). The molecule has 2 aliphatic carbocycles. The van der Waals surface area contributed by atoms with Gasteiger partial charge in [-0.1, -0.05) is 36.8 Å². The molecule has 0 aromatic heterocycles. The van der Waals surface area contributed by atoms with Crippen molar-refractivity contribution in [3.05, 3.63) is 35.5 Å². The third kappa shape index (κ3) is 5.68. The van der Waals surface area contributed by atoms with Crippen LogP contribution in [-0.4, -0.2) is 30.4 Å². The third-order valence-electron chi connectivity index (χ3n) is 6.16. The van der Waals surface area contributed by atoms with E-state index in [1.165, 1.54) is 19.4 Å². The highest BCUT2D eigenvalue weighted by atomic mass is 16.6. The maximum absolute atomic E-state index is 11.9. The highest BCUT2D eigenvalue weighted by Gasteiger charge is 2.50. The molecule has 0 saturated heterocycles. The van der Waals surface area contributed by atoms with Crippen molar-refractivity contribution in [2.24, 2.45) is 23.7 Å². The van der Waals surface area contributed by atoms with Gasteiger partial charge in [0.25, 0.3) is 0 Å². The number of allylic oxidation sites excluding steroid dienone is 3. The van der Waals surface area contributed by atoms with Gasteiger partial charge < -0.3 is 9.47 Å². The van der Waals surface area contributed by atoms with E-state index >= 15 is 0 Å². The van der Waals surface area contributed by atoms with Gasteiger partial charge in [0.2, 0.25) is 0 Å². The molecule has 5 heteroatoms. The molecule has 0 aromatic carbocycles. The summed E-state index contributed by atoms with van der Waals surface area (Å²) in [5.74, 6) is -1.06. The number of fused-ring (bicyclic) bond motifs is 2. The van der Waals surface area contributed by atoms with Crippen molar-refractivity contribution in [2.75, 3.05) is 0 Å². The molecule has 2 aliphatic rings. The van der Waals surface area contributed by atoms with E-state index in [-0.39, 0.29) is 35.6 Å². The van der Waals surface area contributed by atoms with E-state index in [9.17, 15) is 14.4 Å². The van der Waals surface area contributed by atoms with Gasteiger partial charge in [-0.25, -0.2) is 0 Å². The second-order valence-corrected chi connectivity index (χ2v) is 8.69. The Morgan fingerprint density at radius 2 is 1.86 bits per heavy atom. The minimum atomic E-state index is -0.457. The SMILES string of the molecule is C=C1C[C@H](OC(C)=O)[C@H]([C@@H](C)CCC=C(C)C)[C@@H]2C(C=O)=CC[C@H]1[C@@H]2OC(C)=O. The Balaban J connectivity index is 2.50. The lowest BCUT2D eigenvalue weighted by atomic mass is 9.68. The summed E-state index contributed by atoms with van der Waals surface area (Å²) in [7, 11) is 0. The van der Waals surface area contributed by atoms with Gasteiger partial charge in [-0.05, 0) is 44.6 Å². The molecule has 5 nitrogen and oxygen atoms in total. The number of carbonyl (C=O) groups excluding carboxylic acids is 3. The van der Waals surface area contributed by atoms with Crippen LogP contribution in [0.1, 0.15) is 60.3 Å². The van der Waals surface area contributed by atoms with Gasteiger partial charge in [-0.2, -0.15) is 0 Å². The van der Waals surface area contributed by atoms with Gasteiger partial charge >= 0.3 is 11.9 Å². The zero-order chi connectivity index (χ0) is 21.7. The lowest BCUT2D eigenvalue weighted by Crippen LogP contribution is -2.45. The molecule has 0 radical (unpaired) electrons. The van der Waals surface area contributed by atoms with Gasteiger partial charge in [0.15, 0.2) is 0 Å². The molecule has 1 fully saturated rings. The van der Waals surface area contributed by atoms with E-state index in [0.29, 0.717) is 18.4 Å². The van der Waals surface area contributed by atoms with E-state index < -0.39 is 12.2 Å². The normalized spacial score (nSPS) is 29.8. The molecule has 0 N–H and O–H groups in total. The van der Waals surface area contributed by atoms with E-state index in [4.69, 9.17) is 9.47 Å². The number of ether oxygens (including phenoxy) is 2. The summed E-state index contributed by atoms with van der Waals surface area (Å²) in [5, 5.41) is 0. The molecular formula is C24H34O5. The summed E-state index contributed by atoms with van der Waals surface area (Å²) in [4.78, 5) is 35.7. The minimum absolute atomic E-state index is 0.0689. The first-order chi connectivity index (χ1) is 13.6. The summed E-state index contributed by atoms with van der Waals surface area (Å²) < 4.78 is 11.5. The maximum atomic E-state index is 11.9. The Bertz CT molecular complexity index is 713. The second-order valence-electron chi connectivity index (χ2n) is 8.69. The zero-order valence-corrected chi connectivity index (χ0v) is 18.3. The Labute approximate surface area is 174 Å². The zero-order valence-electron chi connectivity index (χ0n) is 18.3. The van der Waals surface area contributed by atoms with Crippen LogP contribution < -0.4 is 0 Å². The summed E-state index contributed by atoms with van der Waals surface area (Å²) in [6, 6.07) is 0. The van der Waals surface area contributed by atoms with Crippen LogP contribution in [0.4, 0.5) is 0 Å². The van der Waals surface area contributed by atoms with Crippen molar-refractivity contribution in [3.8, 4) is 0 Å². The molecule has 0 heterocycles. The van der Waals surface area contributed by atoms with Crippen LogP contribution in [0.2, 0.25) is 0 Å². The fourth-order valence-electron chi connectivity index (χ4n) is 4.95. The molecule has 160 valence electrons. The van der Waals surface area contributed by atoms with Crippen molar-refractivity contribution in [2.45, 2.75) is 72.5 Å². The molecule has 0 aliphatic heterocycles. The summed E-state index contributed by atoms with van der Waals surface area (Å²) in [6.45, 7) is 13.3. The minimum Gasteiger partial charge on any atom is -0.462 e. The van der Waals surface area contributed by atoms with Crippen LogP contribution in [0.15, 0.2) is 35.5 Å². The number of rotatable bonds is 7. The highest BCUT2D eigenvalue weighted by Crippen LogP contribution is 2.49. The van der Waals surface area contributed by atoms with Crippen molar-refractivity contribution < 1.29 is 23.9 Å². The van der Waals surface area contributed by atoms with E-state index in [2.05, 4.69) is 33.4 Å². The first kappa shape index (κ1) is 23.1. The number of hydrogen-bond donors (Lipinski definition) is 0. The molecule has 0 amide bonds. The predicted octanol–water partition coefficient (Wildman–Crippen LogP) is 4.57. The van der Waals surface area contributed by atoms with Gasteiger partial charge in [-0.3, -0.25) is 14.4 Å². The molecule has 29 heavy (non-hydrogen) atoms. The topological polar surface area (TPSA) is 69.7 Å². The molecule has 6 atom stereocenters. The fourth-order valence-corrected chi connectivity index (χ4v) is 4.95. The monoisotopic (exact) mass is 402 g/mol. The Kier molecular flexibility index (Phi) is 8.00. The number of esters is 2. The molecule has 1 saturated carbocycles. The smallest absolute Gasteiger partial charge is 0.302 e. The van der Waals surface area contributed by atoms with Gasteiger partial charge in [0.05, 0.1) is 0 Å². The Morgan fingerprint density at radius 3 is 2.41 bits per heavy atom. The van der Waals surface area contributed by atoms with E-state index in [1.807, 2.05) is 6.08 Å². The first-order valence-electron chi connectivity index (χ1n) is 10.5. The van der Waals surface area contributed by atoms with Crippen molar-refractivity contribution >= 4 is 18.2 Å². The van der Waals surface area contributed by atoms with Crippen LogP contribution in [0.5, 0.6) is 0 Å². The third-order valence-corrected chi connectivity index (χ3v) is 6.16. The van der Waals surface area contributed by atoms with Gasteiger partial charge in [-0.15, -0.1) is 0 Å². The molecule has 0 aromatic rings. The van der Waals surface area contributed by atoms with Crippen LogP contribution in [0.25, 0.3) is 0 Å². The van der Waals surface area contributed by atoms with Gasteiger partial charge in [0.1, 0.15) is 18.5 Å². The number of aldehydes is 1. The molecule has 0 unspecified atom stereocenters.